The molecule has 2 amide bonds. The highest BCUT2D eigenvalue weighted by Gasteiger charge is 2.30. The van der Waals surface area contributed by atoms with Crippen molar-refractivity contribution in [3.8, 4) is 0 Å². The summed E-state index contributed by atoms with van der Waals surface area (Å²) in [5.74, 6) is 0.209. The second-order valence-electron chi connectivity index (χ2n) is 4.92. The van der Waals surface area contributed by atoms with Crippen molar-refractivity contribution in [3.63, 3.8) is 0 Å². The van der Waals surface area contributed by atoms with Crippen LogP contribution in [0, 0.1) is 5.92 Å². The van der Waals surface area contributed by atoms with E-state index < -0.39 is 0 Å². The fraction of sp³-hybridized carbons (Fsp3) is 0.833. The topological polar surface area (TPSA) is 93.5 Å². The summed E-state index contributed by atoms with van der Waals surface area (Å²) >= 11 is 0. The molecule has 2 unspecified atom stereocenters. The lowest BCUT2D eigenvalue weighted by atomic mass is 10.2. The molecule has 1 heterocycles. The Morgan fingerprint density at radius 3 is 2.28 bits per heavy atom. The van der Waals surface area contributed by atoms with Crippen molar-refractivity contribution in [1.29, 1.82) is 0 Å². The number of amides is 2. The third-order valence-corrected chi connectivity index (χ3v) is 3.33. The minimum atomic E-state index is -0.377. The molecule has 2 fully saturated rings. The molecule has 2 aliphatic rings. The highest BCUT2D eigenvalue weighted by molar-refractivity contribution is 5.82. The van der Waals surface area contributed by atoms with Gasteiger partial charge in [-0.05, 0) is 25.7 Å². The normalized spacial score (nSPS) is 26.9. The van der Waals surface area contributed by atoms with Crippen molar-refractivity contribution in [3.05, 3.63) is 0 Å². The Morgan fingerprint density at radius 1 is 1.06 bits per heavy atom. The van der Waals surface area contributed by atoms with Gasteiger partial charge in [-0.2, -0.15) is 0 Å². The van der Waals surface area contributed by atoms with E-state index in [0.29, 0.717) is 19.6 Å². The minimum Gasteiger partial charge on any atom is -0.364 e. The highest BCUT2D eigenvalue weighted by atomic mass is 16.5. The van der Waals surface area contributed by atoms with Crippen LogP contribution in [0.4, 0.5) is 0 Å². The van der Waals surface area contributed by atoms with Gasteiger partial charge in [0.15, 0.2) is 0 Å². The number of ether oxygens (including phenoxy) is 1. The summed E-state index contributed by atoms with van der Waals surface area (Å²) in [5.41, 5.74) is 5.48. The van der Waals surface area contributed by atoms with Gasteiger partial charge in [0, 0.05) is 25.6 Å². The molecular weight excluding hydrogens is 234 g/mol. The van der Waals surface area contributed by atoms with Crippen LogP contribution in [0.1, 0.15) is 25.7 Å². The maximum atomic E-state index is 11.7. The predicted octanol–water partition coefficient (Wildman–Crippen LogP) is -0.865. The molecule has 0 aromatic heterocycles. The van der Waals surface area contributed by atoms with Gasteiger partial charge in [-0.3, -0.25) is 9.59 Å². The molecule has 2 atom stereocenters. The average molecular weight is 255 g/mol. The molecule has 0 bridgehead atoms. The van der Waals surface area contributed by atoms with Crippen LogP contribution in [0.25, 0.3) is 0 Å². The molecule has 0 radical (unpaired) electrons. The van der Waals surface area contributed by atoms with Crippen LogP contribution < -0.4 is 16.4 Å². The van der Waals surface area contributed by atoms with Crippen molar-refractivity contribution in [2.75, 3.05) is 19.6 Å². The Balaban J connectivity index is 1.55. The van der Waals surface area contributed by atoms with E-state index in [-0.39, 0.29) is 29.9 Å². The van der Waals surface area contributed by atoms with Crippen LogP contribution in [0.5, 0.6) is 0 Å². The van der Waals surface area contributed by atoms with Crippen molar-refractivity contribution in [2.24, 2.45) is 11.7 Å². The van der Waals surface area contributed by atoms with Gasteiger partial charge in [-0.25, -0.2) is 0 Å². The van der Waals surface area contributed by atoms with Gasteiger partial charge in [0.25, 0.3) is 0 Å². The lowest BCUT2D eigenvalue weighted by Gasteiger charge is -2.12. The largest absolute Gasteiger partial charge is 0.364 e. The third kappa shape index (κ3) is 3.68. The Labute approximate surface area is 107 Å². The molecule has 1 aliphatic heterocycles. The van der Waals surface area contributed by atoms with E-state index in [0.717, 1.165) is 25.7 Å². The Kier molecular flexibility index (Phi) is 4.54. The number of nitrogens with two attached hydrogens (primary N) is 1. The molecule has 6 heteroatoms. The first-order valence-electron chi connectivity index (χ1n) is 6.61. The number of hydrogen-bond acceptors (Lipinski definition) is 4. The lowest BCUT2D eigenvalue weighted by Crippen LogP contribution is -2.40. The molecule has 0 aromatic rings. The second-order valence-corrected chi connectivity index (χ2v) is 4.92. The molecular formula is C12H21N3O3. The Bertz CT molecular complexity index is 318. The van der Waals surface area contributed by atoms with E-state index in [9.17, 15) is 9.59 Å². The van der Waals surface area contributed by atoms with Gasteiger partial charge in [-0.15, -0.1) is 0 Å². The number of rotatable bonds is 6. The van der Waals surface area contributed by atoms with Gasteiger partial charge in [0.2, 0.25) is 11.8 Å². The first kappa shape index (κ1) is 13.3. The van der Waals surface area contributed by atoms with Crippen LogP contribution in [-0.4, -0.2) is 43.7 Å². The minimum absolute atomic E-state index is 0.00955. The van der Waals surface area contributed by atoms with Crippen molar-refractivity contribution < 1.29 is 14.3 Å². The summed E-state index contributed by atoms with van der Waals surface area (Å²) in [6, 6.07) is 0. The van der Waals surface area contributed by atoms with Gasteiger partial charge in [-0.1, -0.05) is 0 Å². The zero-order valence-corrected chi connectivity index (χ0v) is 10.5. The second kappa shape index (κ2) is 6.15. The zero-order valence-electron chi connectivity index (χ0n) is 10.5. The Morgan fingerprint density at radius 2 is 1.72 bits per heavy atom. The average Bonchev–Trinajstić information content (AvgIpc) is 3.12. The fourth-order valence-corrected chi connectivity index (χ4v) is 2.05. The smallest absolute Gasteiger partial charge is 0.249 e. The predicted molar refractivity (Wildman–Crippen MR) is 65.7 cm³/mol. The maximum Gasteiger partial charge on any atom is 0.249 e. The van der Waals surface area contributed by atoms with E-state index in [2.05, 4.69) is 10.6 Å². The number of carbonyl (C=O) groups is 2. The molecule has 1 aliphatic carbocycles. The lowest BCUT2D eigenvalue weighted by molar-refractivity contribution is -0.132. The van der Waals surface area contributed by atoms with Gasteiger partial charge >= 0.3 is 0 Å². The van der Waals surface area contributed by atoms with Crippen LogP contribution in [0.3, 0.4) is 0 Å². The van der Waals surface area contributed by atoms with Crippen LogP contribution in [0.15, 0.2) is 0 Å². The zero-order chi connectivity index (χ0) is 13.0. The highest BCUT2D eigenvalue weighted by Crippen LogP contribution is 2.28. The summed E-state index contributed by atoms with van der Waals surface area (Å²) in [6.07, 6.45) is 3.19. The third-order valence-electron chi connectivity index (χ3n) is 3.33. The SMILES string of the molecule is NCC1CCC(C(=O)NCCNC(=O)C2CC2)O1. The number of carbonyl (C=O) groups excluding carboxylic acids is 2. The Hall–Kier alpha value is -1.14. The molecule has 4 N–H and O–H groups in total. The van der Waals surface area contributed by atoms with E-state index in [1.54, 1.807) is 0 Å². The summed E-state index contributed by atoms with van der Waals surface area (Å²) in [7, 11) is 0. The van der Waals surface area contributed by atoms with Crippen molar-refractivity contribution in [1.82, 2.24) is 10.6 Å². The molecule has 2 rings (SSSR count). The first-order chi connectivity index (χ1) is 8.70. The molecule has 1 saturated carbocycles. The first-order valence-corrected chi connectivity index (χ1v) is 6.61. The van der Waals surface area contributed by atoms with Crippen molar-refractivity contribution in [2.45, 2.75) is 37.9 Å². The monoisotopic (exact) mass is 255 g/mol. The van der Waals surface area contributed by atoms with E-state index >= 15 is 0 Å². The maximum absolute atomic E-state index is 11.7. The van der Waals surface area contributed by atoms with Crippen LogP contribution >= 0.6 is 0 Å². The summed E-state index contributed by atoms with van der Waals surface area (Å²) in [6.45, 7) is 1.39. The molecule has 0 aromatic carbocycles. The summed E-state index contributed by atoms with van der Waals surface area (Å²) < 4.78 is 5.47. The van der Waals surface area contributed by atoms with Crippen molar-refractivity contribution >= 4 is 11.8 Å². The number of nitrogens with one attached hydrogen (secondary N) is 2. The number of hydrogen-bond donors (Lipinski definition) is 3. The van der Waals surface area contributed by atoms with Gasteiger partial charge < -0.3 is 21.1 Å². The van der Waals surface area contributed by atoms with Gasteiger partial charge in [0.05, 0.1) is 6.10 Å². The molecule has 1 saturated heterocycles. The van der Waals surface area contributed by atoms with E-state index in [4.69, 9.17) is 10.5 Å². The van der Waals surface area contributed by atoms with E-state index in [1.807, 2.05) is 0 Å². The van der Waals surface area contributed by atoms with Gasteiger partial charge in [0.1, 0.15) is 6.10 Å². The molecule has 0 spiro atoms. The standard InChI is InChI=1S/C12H21N3O3/c13-7-9-3-4-10(18-9)12(17)15-6-5-14-11(16)8-1-2-8/h8-10H,1-7,13H2,(H,14,16)(H,15,17). The molecule has 6 nitrogen and oxygen atoms in total. The summed E-state index contributed by atoms with van der Waals surface area (Å²) in [5, 5.41) is 5.56. The van der Waals surface area contributed by atoms with E-state index in [1.165, 1.54) is 0 Å². The van der Waals surface area contributed by atoms with Crippen LogP contribution in [-0.2, 0) is 14.3 Å². The summed E-state index contributed by atoms with van der Waals surface area (Å²) in [4.78, 5) is 23.0. The fourth-order valence-electron chi connectivity index (χ4n) is 2.05. The quantitative estimate of drug-likeness (QED) is 0.538. The van der Waals surface area contributed by atoms with Crippen LogP contribution in [0.2, 0.25) is 0 Å². The molecule has 102 valence electrons. The molecule has 18 heavy (non-hydrogen) atoms.